The van der Waals surface area contributed by atoms with E-state index in [0.717, 1.165) is 41.8 Å². The molecule has 1 heterocycles. The average Bonchev–Trinajstić information content (AvgIpc) is 2.95. The zero-order chi connectivity index (χ0) is 14.7. The molecule has 1 aliphatic heterocycles. The Balaban J connectivity index is 1.71. The van der Waals surface area contributed by atoms with Crippen LogP contribution < -0.4 is 9.47 Å². The molecule has 1 saturated heterocycles. The third-order valence-corrected chi connectivity index (χ3v) is 5.27. The highest BCUT2D eigenvalue weighted by atomic mass is 79.9. The first-order valence-electron chi connectivity index (χ1n) is 7.78. The Hall–Kier alpha value is -0.740. The van der Waals surface area contributed by atoms with Crippen LogP contribution in [0.3, 0.4) is 0 Å². The molecule has 1 aromatic rings. The summed E-state index contributed by atoms with van der Waals surface area (Å²) in [6.07, 6.45) is 7.25. The first-order chi connectivity index (χ1) is 10.2. The predicted octanol–water partition coefficient (Wildman–Crippen LogP) is 4.46. The topological polar surface area (TPSA) is 27.7 Å². The van der Waals surface area contributed by atoms with Gasteiger partial charge in [-0.1, -0.05) is 28.8 Å². The van der Waals surface area contributed by atoms with Gasteiger partial charge in [0.05, 0.1) is 19.3 Å². The van der Waals surface area contributed by atoms with Gasteiger partial charge in [-0.25, -0.2) is 0 Å². The lowest BCUT2D eigenvalue weighted by atomic mass is 9.90. The van der Waals surface area contributed by atoms with Crippen molar-refractivity contribution in [3.05, 3.63) is 23.8 Å². The molecule has 0 N–H and O–H groups in total. The Labute approximate surface area is 135 Å². The molecule has 0 radical (unpaired) electrons. The minimum Gasteiger partial charge on any atom is -0.497 e. The van der Waals surface area contributed by atoms with E-state index in [4.69, 9.17) is 14.2 Å². The Morgan fingerprint density at radius 1 is 1.33 bits per heavy atom. The summed E-state index contributed by atoms with van der Waals surface area (Å²) >= 11 is 3.54. The van der Waals surface area contributed by atoms with E-state index in [9.17, 15) is 0 Å². The monoisotopic (exact) mass is 354 g/mol. The highest BCUT2D eigenvalue weighted by Gasteiger charge is 2.40. The second kappa shape index (κ2) is 6.57. The lowest BCUT2D eigenvalue weighted by molar-refractivity contribution is -0.108. The van der Waals surface area contributed by atoms with Gasteiger partial charge in [-0.2, -0.15) is 0 Å². The Bertz CT molecular complexity index is 483. The number of rotatable bonds is 4. The third kappa shape index (κ3) is 3.37. The minimum absolute atomic E-state index is 0.101. The van der Waals surface area contributed by atoms with E-state index in [1.165, 1.54) is 25.7 Å². The summed E-state index contributed by atoms with van der Waals surface area (Å²) in [7, 11) is 1.69. The van der Waals surface area contributed by atoms with E-state index in [1.807, 2.05) is 18.2 Å². The van der Waals surface area contributed by atoms with E-state index < -0.39 is 0 Å². The standard InChI is InChI=1S/C17H23BrO3/c1-19-14-4-5-16(13(10-14)12-18)21-15-6-9-20-17(11-15)7-2-3-8-17/h4-5,10,15H,2-3,6-9,11-12H2,1H3. The number of hydrogen-bond acceptors (Lipinski definition) is 3. The summed E-state index contributed by atoms with van der Waals surface area (Å²) in [4.78, 5) is 0. The SMILES string of the molecule is COc1ccc(OC2CCOC3(CCCC3)C2)c(CBr)c1. The van der Waals surface area contributed by atoms with Crippen molar-refractivity contribution < 1.29 is 14.2 Å². The molecular formula is C17H23BrO3. The van der Waals surface area contributed by atoms with Gasteiger partial charge in [0.15, 0.2) is 0 Å². The summed E-state index contributed by atoms with van der Waals surface area (Å²) in [6.45, 7) is 0.824. The first kappa shape index (κ1) is 15.2. The molecule has 21 heavy (non-hydrogen) atoms. The highest BCUT2D eigenvalue weighted by molar-refractivity contribution is 9.08. The Morgan fingerprint density at radius 2 is 2.14 bits per heavy atom. The second-order valence-corrected chi connectivity index (χ2v) is 6.64. The molecule has 0 bridgehead atoms. The summed E-state index contributed by atoms with van der Waals surface area (Å²) in [5.74, 6) is 1.84. The third-order valence-electron chi connectivity index (χ3n) is 4.67. The lowest BCUT2D eigenvalue weighted by Crippen LogP contribution is -2.41. The summed E-state index contributed by atoms with van der Waals surface area (Å²) in [5, 5.41) is 0.772. The van der Waals surface area contributed by atoms with Gasteiger partial charge in [0.25, 0.3) is 0 Å². The van der Waals surface area contributed by atoms with Crippen LogP contribution in [0.2, 0.25) is 0 Å². The molecule has 2 fully saturated rings. The lowest BCUT2D eigenvalue weighted by Gasteiger charge is -2.38. The van der Waals surface area contributed by atoms with Crippen molar-refractivity contribution in [2.45, 2.75) is 55.6 Å². The molecule has 1 saturated carbocycles. The van der Waals surface area contributed by atoms with Crippen LogP contribution in [0.5, 0.6) is 11.5 Å². The number of benzene rings is 1. The molecule has 1 aromatic carbocycles. The van der Waals surface area contributed by atoms with Crippen LogP contribution in [-0.2, 0) is 10.1 Å². The van der Waals surface area contributed by atoms with Crippen LogP contribution in [0.15, 0.2) is 18.2 Å². The van der Waals surface area contributed by atoms with Gasteiger partial charge >= 0.3 is 0 Å². The van der Waals surface area contributed by atoms with Crippen molar-refractivity contribution in [1.29, 1.82) is 0 Å². The van der Waals surface area contributed by atoms with E-state index in [-0.39, 0.29) is 11.7 Å². The van der Waals surface area contributed by atoms with Crippen molar-refractivity contribution in [3.8, 4) is 11.5 Å². The molecule has 0 aromatic heterocycles. The number of halogens is 1. The number of alkyl halides is 1. The van der Waals surface area contributed by atoms with Gasteiger partial charge in [-0.3, -0.25) is 0 Å². The minimum atomic E-state index is 0.101. The molecule has 2 aliphatic rings. The smallest absolute Gasteiger partial charge is 0.124 e. The van der Waals surface area contributed by atoms with Crippen LogP contribution in [0, 0.1) is 0 Å². The molecule has 3 nitrogen and oxygen atoms in total. The van der Waals surface area contributed by atoms with E-state index in [1.54, 1.807) is 7.11 Å². The molecule has 3 rings (SSSR count). The Morgan fingerprint density at radius 3 is 2.86 bits per heavy atom. The molecule has 1 spiro atoms. The van der Waals surface area contributed by atoms with Gasteiger partial charge in [0.2, 0.25) is 0 Å². The molecule has 116 valence electrons. The highest BCUT2D eigenvalue weighted by Crippen LogP contribution is 2.41. The summed E-state index contributed by atoms with van der Waals surface area (Å²) in [6, 6.07) is 6.02. The largest absolute Gasteiger partial charge is 0.497 e. The fraction of sp³-hybridized carbons (Fsp3) is 0.647. The van der Waals surface area contributed by atoms with Crippen LogP contribution >= 0.6 is 15.9 Å². The number of hydrogen-bond donors (Lipinski definition) is 0. The van der Waals surface area contributed by atoms with Crippen molar-refractivity contribution in [2.75, 3.05) is 13.7 Å². The molecular weight excluding hydrogens is 332 g/mol. The normalized spacial score (nSPS) is 24.2. The van der Waals surface area contributed by atoms with Crippen molar-refractivity contribution in [2.24, 2.45) is 0 Å². The quantitative estimate of drug-likeness (QED) is 0.747. The van der Waals surface area contributed by atoms with E-state index in [0.29, 0.717) is 0 Å². The van der Waals surface area contributed by atoms with Crippen LogP contribution in [0.4, 0.5) is 0 Å². The van der Waals surface area contributed by atoms with E-state index >= 15 is 0 Å². The van der Waals surface area contributed by atoms with E-state index in [2.05, 4.69) is 15.9 Å². The predicted molar refractivity (Wildman–Crippen MR) is 86.4 cm³/mol. The fourth-order valence-corrected chi connectivity index (χ4v) is 3.97. The second-order valence-electron chi connectivity index (χ2n) is 6.08. The summed E-state index contributed by atoms with van der Waals surface area (Å²) in [5.41, 5.74) is 1.24. The van der Waals surface area contributed by atoms with Gasteiger partial charge in [-0.15, -0.1) is 0 Å². The molecule has 1 atom stereocenters. The van der Waals surface area contributed by atoms with Gasteiger partial charge in [0, 0.05) is 23.7 Å². The average molecular weight is 355 g/mol. The molecule has 4 heteroatoms. The number of methoxy groups -OCH3 is 1. The maximum Gasteiger partial charge on any atom is 0.124 e. The molecule has 1 unspecified atom stereocenters. The zero-order valence-corrected chi connectivity index (χ0v) is 14.2. The molecule has 1 aliphatic carbocycles. The summed E-state index contributed by atoms with van der Waals surface area (Å²) < 4.78 is 17.7. The first-order valence-corrected chi connectivity index (χ1v) is 8.90. The van der Waals surface area contributed by atoms with Crippen molar-refractivity contribution in [3.63, 3.8) is 0 Å². The van der Waals surface area contributed by atoms with Gasteiger partial charge in [-0.05, 0) is 31.0 Å². The van der Waals surface area contributed by atoms with Crippen LogP contribution in [-0.4, -0.2) is 25.4 Å². The number of ether oxygens (including phenoxy) is 3. The van der Waals surface area contributed by atoms with Crippen molar-refractivity contribution in [1.82, 2.24) is 0 Å². The van der Waals surface area contributed by atoms with Crippen LogP contribution in [0.25, 0.3) is 0 Å². The maximum atomic E-state index is 6.30. The Kier molecular flexibility index (Phi) is 4.75. The van der Waals surface area contributed by atoms with Gasteiger partial charge < -0.3 is 14.2 Å². The maximum absolute atomic E-state index is 6.30. The van der Waals surface area contributed by atoms with Crippen LogP contribution in [0.1, 0.15) is 44.1 Å². The molecule has 0 amide bonds. The fourth-order valence-electron chi connectivity index (χ4n) is 3.53. The zero-order valence-electron chi connectivity index (χ0n) is 12.6. The van der Waals surface area contributed by atoms with Crippen molar-refractivity contribution >= 4 is 15.9 Å². The van der Waals surface area contributed by atoms with Gasteiger partial charge in [0.1, 0.15) is 17.6 Å².